The predicted octanol–water partition coefficient (Wildman–Crippen LogP) is 3.45. The van der Waals surface area contributed by atoms with Gasteiger partial charge in [0.2, 0.25) is 0 Å². The molecule has 0 bridgehead atoms. The lowest BCUT2D eigenvalue weighted by atomic mass is 10.1. The van der Waals surface area contributed by atoms with Gasteiger partial charge in [0.15, 0.2) is 0 Å². The van der Waals surface area contributed by atoms with Gasteiger partial charge in [0, 0.05) is 24.5 Å². The lowest BCUT2D eigenvalue weighted by molar-refractivity contribution is -0.137. The first-order chi connectivity index (χ1) is 9.47. The molecule has 0 atom stereocenters. The van der Waals surface area contributed by atoms with E-state index in [1.54, 1.807) is 24.5 Å². The van der Waals surface area contributed by atoms with Crippen LogP contribution in [0.4, 0.5) is 13.2 Å². The number of carbonyl (C=O) groups excluding carboxylic acids is 1. The fraction of sp³-hybridized carbons (Fsp3) is 0.143. The molecule has 0 saturated heterocycles. The Balaban J connectivity index is 0.00000220. The monoisotopic (exact) mass is 316 g/mol. The fourth-order valence-corrected chi connectivity index (χ4v) is 1.62. The molecule has 0 aliphatic rings. The maximum Gasteiger partial charge on any atom is 0.416 e. The molecule has 0 saturated carbocycles. The Bertz CT molecular complexity index is 603. The van der Waals surface area contributed by atoms with E-state index in [1.165, 1.54) is 12.1 Å². The summed E-state index contributed by atoms with van der Waals surface area (Å²) in [5.41, 5.74) is -0.0944. The SMILES string of the molecule is Cl.O=C(NCc1cccnc1)c1cccc(C(F)(F)F)c1. The van der Waals surface area contributed by atoms with Crippen LogP contribution in [0, 0.1) is 0 Å². The molecule has 112 valence electrons. The molecule has 0 radical (unpaired) electrons. The van der Waals surface area contributed by atoms with E-state index in [0.717, 1.165) is 17.7 Å². The second-order valence-corrected chi connectivity index (χ2v) is 4.12. The summed E-state index contributed by atoms with van der Waals surface area (Å²) in [4.78, 5) is 15.7. The summed E-state index contributed by atoms with van der Waals surface area (Å²) in [6.45, 7) is 0.211. The van der Waals surface area contributed by atoms with Crippen LogP contribution in [0.5, 0.6) is 0 Å². The van der Waals surface area contributed by atoms with Gasteiger partial charge in [-0.2, -0.15) is 13.2 Å². The maximum atomic E-state index is 12.5. The Labute approximate surface area is 125 Å². The van der Waals surface area contributed by atoms with Crippen molar-refractivity contribution in [3.63, 3.8) is 0 Å². The molecule has 21 heavy (non-hydrogen) atoms. The van der Waals surface area contributed by atoms with Gasteiger partial charge in [-0.3, -0.25) is 9.78 Å². The van der Waals surface area contributed by atoms with E-state index in [1.807, 2.05) is 0 Å². The number of hydrogen-bond acceptors (Lipinski definition) is 2. The summed E-state index contributed by atoms with van der Waals surface area (Å²) in [5.74, 6) is -0.556. The number of halogens is 4. The topological polar surface area (TPSA) is 42.0 Å². The molecule has 2 aromatic rings. The highest BCUT2D eigenvalue weighted by Gasteiger charge is 2.30. The van der Waals surface area contributed by atoms with Gasteiger partial charge in [0.1, 0.15) is 0 Å². The van der Waals surface area contributed by atoms with Crippen LogP contribution < -0.4 is 5.32 Å². The smallest absolute Gasteiger partial charge is 0.348 e. The van der Waals surface area contributed by atoms with Crippen LogP contribution in [-0.2, 0) is 12.7 Å². The Kier molecular flexibility index (Phi) is 5.72. The number of aromatic nitrogens is 1. The van der Waals surface area contributed by atoms with Crippen molar-refractivity contribution in [2.24, 2.45) is 0 Å². The summed E-state index contributed by atoms with van der Waals surface area (Å²) in [7, 11) is 0. The molecule has 0 fully saturated rings. The van der Waals surface area contributed by atoms with Crippen molar-refractivity contribution in [1.82, 2.24) is 10.3 Å². The largest absolute Gasteiger partial charge is 0.416 e. The third-order valence-electron chi connectivity index (χ3n) is 2.63. The summed E-state index contributed by atoms with van der Waals surface area (Å²) < 4.78 is 37.6. The van der Waals surface area contributed by atoms with Gasteiger partial charge < -0.3 is 5.32 Å². The van der Waals surface area contributed by atoms with Crippen molar-refractivity contribution >= 4 is 18.3 Å². The molecule has 0 aliphatic heterocycles. The Hall–Kier alpha value is -2.08. The van der Waals surface area contributed by atoms with Crippen LogP contribution in [0.25, 0.3) is 0 Å². The van der Waals surface area contributed by atoms with E-state index >= 15 is 0 Å². The zero-order valence-corrected chi connectivity index (χ0v) is 11.5. The molecule has 1 aromatic heterocycles. The normalized spacial score (nSPS) is 10.6. The molecule has 3 nitrogen and oxygen atoms in total. The van der Waals surface area contributed by atoms with E-state index in [9.17, 15) is 18.0 Å². The van der Waals surface area contributed by atoms with Gasteiger partial charge >= 0.3 is 6.18 Å². The number of nitrogens with one attached hydrogen (secondary N) is 1. The molecule has 0 spiro atoms. The molecule has 1 N–H and O–H groups in total. The highest BCUT2D eigenvalue weighted by atomic mass is 35.5. The predicted molar refractivity (Wildman–Crippen MR) is 74.1 cm³/mol. The van der Waals surface area contributed by atoms with Gasteiger partial charge in [0.25, 0.3) is 5.91 Å². The average Bonchev–Trinajstić information content (AvgIpc) is 2.45. The average molecular weight is 317 g/mol. The zero-order chi connectivity index (χ0) is 14.6. The Morgan fingerprint density at radius 3 is 2.57 bits per heavy atom. The van der Waals surface area contributed by atoms with E-state index in [0.29, 0.717) is 0 Å². The third kappa shape index (κ3) is 4.75. The molecular weight excluding hydrogens is 305 g/mol. The Morgan fingerprint density at radius 1 is 1.19 bits per heavy atom. The van der Waals surface area contributed by atoms with Crippen LogP contribution in [-0.4, -0.2) is 10.9 Å². The first kappa shape index (κ1) is 17.0. The standard InChI is InChI=1S/C14H11F3N2O.ClH/c15-14(16,17)12-5-1-4-11(7-12)13(20)19-9-10-3-2-6-18-8-10;/h1-8H,9H2,(H,19,20);1H. The molecule has 0 aliphatic carbocycles. The second kappa shape index (κ2) is 7.08. The quantitative estimate of drug-likeness (QED) is 0.942. The van der Waals surface area contributed by atoms with E-state index in [2.05, 4.69) is 10.3 Å². The summed E-state index contributed by atoms with van der Waals surface area (Å²) in [6, 6.07) is 7.79. The van der Waals surface area contributed by atoms with Crippen molar-refractivity contribution in [1.29, 1.82) is 0 Å². The lowest BCUT2D eigenvalue weighted by Gasteiger charge is -2.09. The van der Waals surface area contributed by atoms with E-state index in [-0.39, 0.29) is 24.5 Å². The molecule has 2 rings (SSSR count). The van der Waals surface area contributed by atoms with Crippen molar-refractivity contribution in [2.75, 3.05) is 0 Å². The fourth-order valence-electron chi connectivity index (χ4n) is 1.62. The van der Waals surface area contributed by atoms with Crippen LogP contribution in [0.15, 0.2) is 48.8 Å². The third-order valence-corrected chi connectivity index (χ3v) is 2.63. The maximum absolute atomic E-state index is 12.5. The molecule has 1 heterocycles. The van der Waals surface area contributed by atoms with Crippen molar-refractivity contribution in [3.8, 4) is 0 Å². The molecule has 1 aromatic carbocycles. The minimum absolute atomic E-state index is 0. The van der Waals surface area contributed by atoms with Gasteiger partial charge in [-0.25, -0.2) is 0 Å². The lowest BCUT2D eigenvalue weighted by Crippen LogP contribution is -2.23. The van der Waals surface area contributed by atoms with Gasteiger partial charge in [-0.15, -0.1) is 12.4 Å². The van der Waals surface area contributed by atoms with Crippen LogP contribution in [0.3, 0.4) is 0 Å². The highest BCUT2D eigenvalue weighted by molar-refractivity contribution is 5.94. The number of benzene rings is 1. The summed E-state index contributed by atoms with van der Waals surface area (Å²) in [5, 5.41) is 2.55. The number of amides is 1. The van der Waals surface area contributed by atoms with E-state index in [4.69, 9.17) is 0 Å². The number of alkyl halides is 3. The number of carbonyl (C=O) groups is 1. The Morgan fingerprint density at radius 2 is 1.95 bits per heavy atom. The number of nitrogens with zero attached hydrogens (tertiary/aromatic N) is 1. The summed E-state index contributed by atoms with van der Waals surface area (Å²) in [6.07, 6.45) is -1.29. The number of pyridine rings is 1. The van der Waals surface area contributed by atoms with Gasteiger partial charge in [-0.05, 0) is 29.8 Å². The molecular formula is C14H12ClF3N2O. The molecule has 7 heteroatoms. The van der Waals surface area contributed by atoms with Crippen molar-refractivity contribution in [2.45, 2.75) is 12.7 Å². The first-order valence-electron chi connectivity index (χ1n) is 5.81. The van der Waals surface area contributed by atoms with Crippen molar-refractivity contribution in [3.05, 3.63) is 65.5 Å². The summed E-state index contributed by atoms with van der Waals surface area (Å²) >= 11 is 0. The minimum Gasteiger partial charge on any atom is -0.348 e. The van der Waals surface area contributed by atoms with Crippen LogP contribution >= 0.6 is 12.4 Å². The highest BCUT2D eigenvalue weighted by Crippen LogP contribution is 2.29. The van der Waals surface area contributed by atoms with Crippen LogP contribution in [0.2, 0.25) is 0 Å². The van der Waals surface area contributed by atoms with E-state index < -0.39 is 17.6 Å². The second-order valence-electron chi connectivity index (χ2n) is 4.12. The molecule has 1 amide bonds. The van der Waals surface area contributed by atoms with Crippen molar-refractivity contribution < 1.29 is 18.0 Å². The van der Waals surface area contributed by atoms with Crippen LogP contribution in [0.1, 0.15) is 21.5 Å². The van der Waals surface area contributed by atoms with Gasteiger partial charge in [-0.1, -0.05) is 12.1 Å². The number of rotatable bonds is 3. The number of hydrogen-bond donors (Lipinski definition) is 1. The first-order valence-corrected chi connectivity index (χ1v) is 5.81. The zero-order valence-electron chi connectivity index (χ0n) is 10.7. The minimum atomic E-state index is -4.46. The molecule has 0 unspecified atom stereocenters. The van der Waals surface area contributed by atoms with Gasteiger partial charge in [0.05, 0.1) is 5.56 Å².